The second-order valence-corrected chi connectivity index (χ2v) is 9.93. The van der Waals surface area contributed by atoms with Gasteiger partial charge in [0.05, 0.1) is 12.1 Å². The van der Waals surface area contributed by atoms with Crippen molar-refractivity contribution in [3.05, 3.63) is 72.4 Å². The molecule has 1 aliphatic heterocycles. The first-order valence-electron chi connectivity index (χ1n) is 11.1. The third-order valence-corrected chi connectivity index (χ3v) is 7.79. The normalized spacial score (nSPS) is 17.3. The monoisotopic (exact) mass is 452 g/mol. The first kappa shape index (κ1) is 22.4. The molecule has 1 aromatic heterocycles. The van der Waals surface area contributed by atoms with Gasteiger partial charge in [0.1, 0.15) is 10.9 Å². The molecule has 1 saturated heterocycles. The summed E-state index contributed by atoms with van der Waals surface area (Å²) in [6.45, 7) is 0.602. The molecule has 1 unspecified atom stereocenters. The van der Waals surface area contributed by atoms with Crippen LogP contribution in [-0.2, 0) is 26.0 Å². The van der Waals surface area contributed by atoms with Crippen LogP contribution in [0.1, 0.15) is 37.7 Å². The van der Waals surface area contributed by atoms with Crippen molar-refractivity contribution in [3.63, 3.8) is 0 Å². The van der Waals surface area contributed by atoms with E-state index in [-0.39, 0.29) is 4.90 Å². The number of fused-ring (bicyclic) bond motifs is 1. The fourth-order valence-electron chi connectivity index (χ4n) is 4.18. The summed E-state index contributed by atoms with van der Waals surface area (Å²) in [4.78, 5) is 17.3. The first-order valence-corrected chi connectivity index (χ1v) is 12.6. The maximum Gasteiger partial charge on any atom is 0.324 e. The van der Waals surface area contributed by atoms with Crippen molar-refractivity contribution < 1.29 is 17.9 Å². The van der Waals surface area contributed by atoms with Crippen LogP contribution in [0.5, 0.6) is 0 Å². The Morgan fingerprint density at radius 2 is 1.81 bits per heavy atom. The number of unbranched alkanes of at least 4 members (excludes halogenated alkanes) is 1. The lowest BCUT2D eigenvalue weighted by Crippen LogP contribution is -2.48. The molecule has 2 aromatic carbocycles. The molecule has 2 heterocycles. The molecule has 0 aliphatic carbocycles. The highest BCUT2D eigenvalue weighted by molar-refractivity contribution is 7.89. The van der Waals surface area contributed by atoms with Gasteiger partial charge in [0.15, 0.2) is 0 Å². The first-order chi connectivity index (χ1) is 15.6. The number of hydrogen-bond acceptors (Lipinski definition) is 5. The predicted octanol–water partition coefficient (Wildman–Crippen LogP) is 4.34. The van der Waals surface area contributed by atoms with Crippen molar-refractivity contribution in [3.8, 4) is 0 Å². The number of sulfonamides is 1. The summed E-state index contributed by atoms with van der Waals surface area (Å²) >= 11 is 0. The number of nitrogens with zero attached hydrogens (tertiary/aromatic N) is 2. The summed E-state index contributed by atoms with van der Waals surface area (Å²) in [5, 5.41) is 0.753. The molecule has 0 amide bonds. The average Bonchev–Trinajstić information content (AvgIpc) is 2.84. The van der Waals surface area contributed by atoms with Gasteiger partial charge in [-0.25, -0.2) is 8.42 Å². The van der Waals surface area contributed by atoms with Crippen LogP contribution in [0.4, 0.5) is 0 Å². The van der Waals surface area contributed by atoms with Gasteiger partial charge in [0, 0.05) is 18.1 Å². The van der Waals surface area contributed by atoms with Crippen LogP contribution in [0.15, 0.2) is 71.8 Å². The molecule has 0 radical (unpaired) electrons. The number of para-hydroxylation sites is 1. The van der Waals surface area contributed by atoms with E-state index in [0.29, 0.717) is 25.1 Å². The molecule has 3 aromatic rings. The minimum Gasteiger partial charge on any atom is -0.464 e. The van der Waals surface area contributed by atoms with Crippen molar-refractivity contribution in [2.75, 3.05) is 13.2 Å². The van der Waals surface area contributed by atoms with Crippen LogP contribution in [-0.4, -0.2) is 42.9 Å². The minimum absolute atomic E-state index is 0.137. The molecule has 1 atom stereocenters. The minimum atomic E-state index is -3.88. The Hall–Kier alpha value is -2.77. The van der Waals surface area contributed by atoms with Crippen molar-refractivity contribution in [2.24, 2.45) is 0 Å². The van der Waals surface area contributed by atoms with Gasteiger partial charge >= 0.3 is 5.97 Å². The molecule has 0 spiro atoms. The maximum atomic E-state index is 13.5. The number of hydrogen-bond donors (Lipinski definition) is 0. The van der Waals surface area contributed by atoms with Crippen molar-refractivity contribution in [2.45, 2.75) is 49.5 Å². The topological polar surface area (TPSA) is 76.6 Å². The zero-order valence-electron chi connectivity index (χ0n) is 18.0. The molecule has 0 N–H and O–H groups in total. The highest BCUT2D eigenvalue weighted by Gasteiger charge is 2.39. The van der Waals surface area contributed by atoms with Crippen LogP contribution in [0.2, 0.25) is 0 Å². The second kappa shape index (κ2) is 10.2. The third kappa shape index (κ3) is 5.00. The van der Waals surface area contributed by atoms with E-state index in [0.717, 1.165) is 37.5 Å². The van der Waals surface area contributed by atoms with Crippen LogP contribution in [0.3, 0.4) is 0 Å². The van der Waals surface area contributed by atoms with Gasteiger partial charge < -0.3 is 4.74 Å². The summed E-state index contributed by atoms with van der Waals surface area (Å²) in [6.07, 6.45) is 6.15. The Kier molecular flexibility index (Phi) is 7.17. The highest BCUT2D eigenvalue weighted by Crippen LogP contribution is 2.29. The number of carbonyl (C=O) groups is 1. The third-order valence-electron chi connectivity index (χ3n) is 5.86. The fraction of sp³-hybridized carbons (Fsp3) is 0.360. The van der Waals surface area contributed by atoms with E-state index < -0.39 is 22.0 Å². The van der Waals surface area contributed by atoms with Crippen LogP contribution in [0.25, 0.3) is 10.9 Å². The van der Waals surface area contributed by atoms with E-state index in [9.17, 15) is 13.2 Å². The molecule has 32 heavy (non-hydrogen) atoms. The average molecular weight is 453 g/mol. The van der Waals surface area contributed by atoms with Crippen LogP contribution < -0.4 is 0 Å². The molecule has 0 saturated carbocycles. The van der Waals surface area contributed by atoms with Gasteiger partial charge in [-0.1, -0.05) is 48.5 Å². The second-order valence-electron chi connectivity index (χ2n) is 8.07. The van der Waals surface area contributed by atoms with Gasteiger partial charge in [-0.05, 0) is 56.2 Å². The molecular weight excluding hydrogens is 424 g/mol. The lowest BCUT2D eigenvalue weighted by molar-refractivity contribution is -0.149. The summed E-state index contributed by atoms with van der Waals surface area (Å²) in [7, 11) is -3.88. The van der Waals surface area contributed by atoms with Gasteiger partial charge in [-0.2, -0.15) is 4.31 Å². The van der Waals surface area contributed by atoms with E-state index in [4.69, 9.17) is 4.74 Å². The summed E-state index contributed by atoms with van der Waals surface area (Å²) in [5.74, 6) is -0.457. The molecule has 6 nitrogen and oxygen atoms in total. The predicted molar refractivity (Wildman–Crippen MR) is 124 cm³/mol. The van der Waals surface area contributed by atoms with E-state index in [1.165, 1.54) is 9.87 Å². The molecule has 0 bridgehead atoms. The van der Waals surface area contributed by atoms with E-state index in [2.05, 4.69) is 17.1 Å². The Labute approximate surface area is 189 Å². The van der Waals surface area contributed by atoms with Gasteiger partial charge in [-0.15, -0.1) is 0 Å². The highest BCUT2D eigenvalue weighted by atomic mass is 32.2. The standard InChI is InChI=1S/C25H28N2O4S/c28-25(31-19-7-5-12-20-10-2-1-3-11-20)22-15-4-6-18-27(22)32(29,30)23-16-8-13-21-14-9-17-26-24(21)23/h1-3,8-11,13-14,16-17,22H,4-7,12,15,18-19H2. The van der Waals surface area contributed by atoms with Crippen molar-refractivity contribution in [1.29, 1.82) is 0 Å². The molecule has 1 fully saturated rings. The van der Waals surface area contributed by atoms with Crippen LogP contribution in [0, 0.1) is 0 Å². The molecule has 7 heteroatoms. The summed E-state index contributed by atoms with van der Waals surface area (Å²) < 4.78 is 33.9. The smallest absolute Gasteiger partial charge is 0.324 e. The number of ether oxygens (including phenoxy) is 1. The van der Waals surface area contributed by atoms with Gasteiger partial charge in [0.2, 0.25) is 10.0 Å². The molecular formula is C25H28N2O4S. The Morgan fingerprint density at radius 1 is 1.00 bits per heavy atom. The van der Waals surface area contributed by atoms with Gasteiger partial charge in [-0.3, -0.25) is 9.78 Å². The number of rotatable bonds is 8. The number of pyridine rings is 1. The number of esters is 1. The van der Waals surface area contributed by atoms with E-state index in [1.54, 1.807) is 24.4 Å². The SMILES string of the molecule is O=C(OCCCCc1ccccc1)C1CCCCN1S(=O)(=O)c1cccc2cccnc12. The van der Waals surface area contributed by atoms with Crippen molar-refractivity contribution >= 4 is 26.9 Å². The Morgan fingerprint density at radius 3 is 2.66 bits per heavy atom. The zero-order valence-corrected chi connectivity index (χ0v) is 18.8. The number of carbonyl (C=O) groups excluding carboxylic acids is 1. The maximum absolute atomic E-state index is 13.5. The Bertz CT molecular complexity index is 1160. The number of aryl methyl sites for hydroxylation is 1. The number of benzene rings is 2. The number of piperidine rings is 1. The largest absolute Gasteiger partial charge is 0.464 e. The summed E-state index contributed by atoms with van der Waals surface area (Å²) in [6, 6.07) is 18.1. The zero-order chi connectivity index (χ0) is 22.4. The molecule has 168 valence electrons. The summed E-state index contributed by atoms with van der Waals surface area (Å²) in [5.41, 5.74) is 1.68. The van der Waals surface area contributed by atoms with Crippen LogP contribution >= 0.6 is 0 Å². The molecule has 1 aliphatic rings. The van der Waals surface area contributed by atoms with E-state index in [1.807, 2.05) is 30.3 Å². The quantitative estimate of drug-likeness (QED) is 0.375. The number of aromatic nitrogens is 1. The lowest BCUT2D eigenvalue weighted by Gasteiger charge is -2.33. The van der Waals surface area contributed by atoms with Crippen molar-refractivity contribution in [1.82, 2.24) is 9.29 Å². The fourth-order valence-corrected chi connectivity index (χ4v) is 6.00. The lowest BCUT2D eigenvalue weighted by atomic mass is 10.1. The Balaban J connectivity index is 1.42. The molecule has 4 rings (SSSR count). The van der Waals surface area contributed by atoms with Gasteiger partial charge in [0.25, 0.3) is 0 Å². The van der Waals surface area contributed by atoms with E-state index >= 15 is 0 Å².